The summed E-state index contributed by atoms with van der Waals surface area (Å²) < 4.78 is 10.4. The maximum atomic E-state index is 11.6. The molecule has 0 aromatic heterocycles. The summed E-state index contributed by atoms with van der Waals surface area (Å²) >= 11 is 5.67. The van der Waals surface area contributed by atoms with E-state index in [2.05, 4.69) is 5.32 Å². The molecule has 1 N–H and O–H groups in total. The number of nitrogens with one attached hydrogen (secondary N) is 1. The van der Waals surface area contributed by atoms with Gasteiger partial charge >= 0.3 is 0 Å². The van der Waals surface area contributed by atoms with Gasteiger partial charge in [0.15, 0.2) is 17.3 Å². The molecule has 1 aliphatic rings. The van der Waals surface area contributed by atoms with Gasteiger partial charge in [0.2, 0.25) is 12.7 Å². The zero-order valence-corrected chi connectivity index (χ0v) is 10.7. The molecule has 0 spiro atoms. The Morgan fingerprint density at radius 1 is 1.33 bits per heavy atom. The second kappa shape index (κ2) is 4.86. The van der Waals surface area contributed by atoms with Crippen LogP contribution in [0.1, 0.15) is 24.2 Å². The van der Waals surface area contributed by atoms with Crippen LogP contribution in [-0.2, 0) is 4.79 Å². The first kappa shape index (κ1) is 12.7. The molecule has 1 aliphatic heterocycles. The summed E-state index contributed by atoms with van der Waals surface area (Å²) in [6, 6.07) is 3.12. The highest BCUT2D eigenvalue weighted by molar-refractivity contribution is 6.32. The van der Waals surface area contributed by atoms with Gasteiger partial charge in [-0.3, -0.25) is 9.59 Å². The van der Waals surface area contributed by atoms with Crippen molar-refractivity contribution in [2.45, 2.75) is 19.2 Å². The van der Waals surface area contributed by atoms with Crippen LogP contribution in [0.15, 0.2) is 12.1 Å². The van der Waals surface area contributed by atoms with Gasteiger partial charge in [0.05, 0.1) is 5.69 Å². The molecule has 0 saturated heterocycles. The average molecular weight is 270 g/mol. The number of fused-ring (bicyclic) bond motifs is 1. The van der Waals surface area contributed by atoms with Gasteiger partial charge in [-0.1, -0.05) is 0 Å². The minimum absolute atomic E-state index is 0.107. The number of carbonyl (C=O) groups excluding carboxylic acids is 2. The summed E-state index contributed by atoms with van der Waals surface area (Å²) in [5.74, 6) is 0.443. The lowest BCUT2D eigenvalue weighted by Crippen LogP contribution is -2.21. The minimum atomic E-state index is -0.685. The van der Waals surface area contributed by atoms with Crippen molar-refractivity contribution in [3.05, 3.63) is 17.7 Å². The Bertz CT molecular complexity index is 513. The van der Waals surface area contributed by atoms with Crippen molar-refractivity contribution < 1.29 is 19.1 Å². The SMILES string of the molecule is CC(=O)c1cc2c(cc1NC(=O)[C@H](C)Cl)OCO2. The number of amides is 1. The number of halogens is 1. The van der Waals surface area contributed by atoms with Crippen molar-refractivity contribution in [2.24, 2.45) is 0 Å². The molecule has 6 heteroatoms. The summed E-state index contributed by atoms with van der Waals surface area (Å²) in [6.07, 6.45) is 0. The standard InChI is InChI=1S/C12H12ClNO4/c1-6(13)12(16)14-9-4-11-10(17-5-18-11)3-8(9)7(2)15/h3-4,6H,5H2,1-2H3,(H,14,16)/t6-/m0/s1. The lowest BCUT2D eigenvalue weighted by atomic mass is 10.1. The fraction of sp³-hybridized carbons (Fsp3) is 0.333. The largest absolute Gasteiger partial charge is 0.454 e. The predicted molar refractivity (Wildman–Crippen MR) is 66.5 cm³/mol. The third-order valence-corrected chi connectivity index (χ3v) is 2.71. The zero-order valence-electron chi connectivity index (χ0n) is 9.95. The Morgan fingerprint density at radius 2 is 1.94 bits per heavy atom. The summed E-state index contributed by atoms with van der Waals surface area (Å²) in [6.45, 7) is 3.07. The number of hydrogen-bond donors (Lipinski definition) is 1. The lowest BCUT2D eigenvalue weighted by Gasteiger charge is -2.11. The van der Waals surface area contributed by atoms with E-state index in [0.717, 1.165) is 0 Å². The fourth-order valence-electron chi connectivity index (χ4n) is 1.57. The first-order chi connectivity index (χ1) is 8.49. The highest BCUT2D eigenvalue weighted by atomic mass is 35.5. The zero-order chi connectivity index (χ0) is 13.3. The van der Waals surface area contributed by atoms with Crippen molar-refractivity contribution >= 4 is 29.0 Å². The summed E-state index contributed by atoms with van der Waals surface area (Å²) in [4.78, 5) is 23.1. The van der Waals surface area contributed by atoms with Crippen LogP contribution >= 0.6 is 11.6 Å². The maximum absolute atomic E-state index is 11.6. The fourth-order valence-corrected chi connectivity index (χ4v) is 1.62. The van der Waals surface area contributed by atoms with Gasteiger partial charge in [-0.05, 0) is 19.9 Å². The quantitative estimate of drug-likeness (QED) is 0.675. The molecule has 18 heavy (non-hydrogen) atoms. The van der Waals surface area contributed by atoms with Crippen molar-refractivity contribution in [1.29, 1.82) is 0 Å². The molecule has 1 amide bonds. The number of ether oxygens (including phenoxy) is 2. The molecule has 1 atom stereocenters. The number of alkyl halides is 1. The van der Waals surface area contributed by atoms with E-state index in [9.17, 15) is 9.59 Å². The van der Waals surface area contributed by atoms with Crippen molar-refractivity contribution in [1.82, 2.24) is 0 Å². The van der Waals surface area contributed by atoms with Crippen LogP contribution in [0.5, 0.6) is 11.5 Å². The lowest BCUT2D eigenvalue weighted by molar-refractivity contribution is -0.115. The molecular formula is C12H12ClNO4. The van der Waals surface area contributed by atoms with Crippen molar-refractivity contribution in [3.63, 3.8) is 0 Å². The number of hydrogen-bond acceptors (Lipinski definition) is 4. The molecule has 1 heterocycles. The highest BCUT2D eigenvalue weighted by Gasteiger charge is 2.21. The normalized spacial score (nSPS) is 14.2. The Labute approximate surface area is 109 Å². The molecule has 0 unspecified atom stereocenters. The van der Waals surface area contributed by atoms with Crippen LogP contribution in [0.2, 0.25) is 0 Å². The molecule has 1 aromatic rings. The topological polar surface area (TPSA) is 64.6 Å². The first-order valence-corrected chi connectivity index (χ1v) is 5.82. The van der Waals surface area contributed by atoms with E-state index in [0.29, 0.717) is 22.7 Å². The third-order valence-electron chi connectivity index (χ3n) is 2.51. The molecular weight excluding hydrogens is 258 g/mol. The van der Waals surface area contributed by atoms with Crippen molar-refractivity contribution in [2.75, 3.05) is 12.1 Å². The van der Waals surface area contributed by atoms with Gasteiger partial charge in [0.1, 0.15) is 5.38 Å². The van der Waals surface area contributed by atoms with E-state index in [-0.39, 0.29) is 18.5 Å². The van der Waals surface area contributed by atoms with Gasteiger partial charge in [-0.15, -0.1) is 11.6 Å². The Balaban J connectivity index is 2.38. The Morgan fingerprint density at radius 3 is 2.50 bits per heavy atom. The predicted octanol–water partition coefficient (Wildman–Crippen LogP) is 2.18. The number of rotatable bonds is 3. The van der Waals surface area contributed by atoms with Gasteiger partial charge in [-0.25, -0.2) is 0 Å². The maximum Gasteiger partial charge on any atom is 0.242 e. The summed E-state index contributed by atoms with van der Waals surface area (Å²) in [7, 11) is 0. The molecule has 5 nitrogen and oxygen atoms in total. The number of benzene rings is 1. The van der Waals surface area contributed by atoms with Crippen LogP contribution in [0, 0.1) is 0 Å². The molecule has 0 aliphatic carbocycles. The van der Waals surface area contributed by atoms with Crippen LogP contribution in [0.4, 0.5) is 5.69 Å². The smallest absolute Gasteiger partial charge is 0.242 e. The van der Waals surface area contributed by atoms with Crippen molar-refractivity contribution in [3.8, 4) is 11.5 Å². The molecule has 0 bridgehead atoms. The first-order valence-electron chi connectivity index (χ1n) is 5.38. The second-order valence-electron chi connectivity index (χ2n) is 3.91. The van der Waals surface area contributed by atoms with Crippen LogP contribution in [0.25, 0.3) is 0 Å². The van der Waals surface area contributed by atoms with Crippen LogP contribution in [0.3, 0.4) is 0 Å². The van der Waals surface area contributed by atoms with Crippen LogP contribution in [-0.4, -0.2) is 23.9 Å². The van der Waals surface area contributed by atoms with E-state index in [1.54, 1.807) is 19.1 Å². The van der Waals surface area contributed by atoms with E-state index in [1.807, 2.05) is 0 Å². The average Bonchev–Trinajstić information content (AvgIpc) is 2.74. The number of Topliss-reactive ketones (excluding diaryl/α,β-unsaturated/α-hetero) is 1. The Kier molecular flexibility index (Phi) is 3.43. The van der Waals surface area contributed by atoms with E-state index in [4.69, 9.17) is 21.1 Å². The Hall–Kier alpha value is -1.75. The molecule has 96 valence electrons. The number of anilines is 1. The van der Waals surface area contributed by atoms with Gasteiger partial charge < -0.3 is 14.8 Å². The summed E-state index contributed by atoms with van der Waals surface area (Å²) in [5.41, 5.74) is 0.745. The second-order valence-corrected chi connectivity index (χ2v) is 4.57. The third kappa shape index (κ3) is 2.41. The molecule has 0 radical (unpaired) electrons. The van der Waals surface area contributed by atoms with Gasteiger partial charge in [0.25, 0.3) is 0 Å². The van der Waals surface area contributed by atoms with Crippen LogP contribution < -0.4 is 14.8 Å². The molecule has 0 saturated carbocycles. The molecule has 1 aromatic carbocycles. The highest BCUT2D eigenvalue weighted by Crippen LogP contribution is 2.37. The van der Waals surface area contributed by atoms with Gasteiger partial charge in [-0.2, -0.15) is 0 Å². The summed E-state index contributed by atoms with van der Waals surface area (Å²) in [5, 5.41) is 1.91. The van der Waals surface area contributed by atoms with E-state index >= 15 is 0 Å². The monoisotopic (exact) mass is 269 g/mol. The van der Waals surface area contributed by atoms with E-state index in [1.165, 1.54) is 6.92 Å². The van der Waals surface area contributed by atoms with E-state index < -0.39 is 5.38 Å². The minimum Gasteiger partial charge on any atom is -0.454 e. The molecule has 0 fully saturated rings. The number of ketones is 1. The number of carbonyl (C=O) groups is 2. The van der Waals surface area contributed by atoms with Gasteiger partial charge in [0, 0.05) is 11.6 Å². The molecule has 2 rings (SSSR count).